The summed E-state index contributed by atoms with van der Waals surface area (Å²) in [5, 5.41) is 0. The Morgan fingerprint density at radius 1 is 1.18 bits per heavy atom. The second-order valence-electron chi connectivity index (χ2n) is 6.05. The fourth-order valence-corrected chi connectivity index (χ4v) is 3.09. The maximum Gasteiger partial charge on any atom is 0.323 e. The van der Waals surface area contributed by atoms with Gasteiger partial charge in [-0.15, -0.1) is 0 Å². The molecule has 2 fully saturated rings. The minimum Gasteiger partial charge on any atom is -0.464 e. The van der Waals surface area contributed by atoms with E-state index in [0.29, 0.717) is 26.1 Å². The summed E-state index contributed by atoms with van der Waals surface area (Å²) in [6.07, 6.45) is 1.22. The van der Waals surface area contributed by atoms with Gasteiger partial charge in [-0.1, -0.05) is 29.8 Å². The summed E-state index contributed by atoms with van der Waals surface area (Å²) < 4.78 is 5.02. The predicted molar refractivity (Wildman–Crippen MR) is 82.4 cm³/mol. The van der Waals surface area contributed by atoms with Crippen molar-refractivity contribution in [2.24, 2.45) is 0 Å². The fraction of sp³-hybridized carbons (Fsp3) is 0.529. The molecule has 0 saturated carbocycles. The summed E-state index contributed by atoms with van der Waals surface area (Å²) >= 11 is 0. The molecule has 0 spiro atoms. The summed E-state index contributed by atoms with van der Waals surface area (Å²) in [4.78, 5) is 28.0. The van der Waals surface area contributed by atoms with Gasteiger partial charge in [0.25, 0.3) is 0 Å². The van der Waals surface area contributed by atoms with Crippen LogP contribution in [-0.2, 0) is 20.7 Å². The minimum atomic E-state index is -0.112. The zero-order chi connectivity index (χ0) is 15.5. The summed E-state index contributed by atoms with van der Waals surface area (Å²) in [6.45, 7) is 5.44. The molecule has 0 aromatic heterocycles. The van der Waals surface area contributed by atoms with E-state index in [0.717, 1.165) is 25.1 Å². The normalized spacial score (nSPS) is 22.7. The monoisotopic (exact) mass is 302 g/mol. The summed E-state index contributed by atoms with van der Waals surface area (Å²) in [5.74, 6) is 0.0527. The molecule has 22 heavy (non-hydrogen) atoms. The molecule has 118 valence electrons. The number of nitrogens with zero attached hydrogens (tertiary/aromatic N) is 2. The molecule has 5 nitrogen and oxygen atoms in total. The van der Waals surface area contributed by atoms with Crippen LogP contribution in [0.25, 0.3) is 0 Å². The third-order valence-corrected chi connectivity index (χ3v) is 4.49. The standard InChI is InChI=1S/C17H22N2O3/c1-13-2-4-14(5-3-13)12-16(20)19-9-7-18(8-10-19)15-6-11-22-17(15)21/h2-5,15H,6-12H2,1H3/t15-/m1/s1. The highest BCUT2D eigenvalue weighted by molar-refractivity contribution is 5.79. The maximum atomic E-state index is 12.4. The van der Waals surface area contributed by atoms with E-state index in [2.05, 4.69) is 4.90 Å². The van der Waals surface area contributed by atoms with Gasteiger partial charge in [0.1, 0.15) is 6.04 Å². The van der Waals surface area contributed by atoms with Crippen molar-refractivity contribution in [2.75, 3.05) is 32.8 Å². The number of piperazine rings is 1. The molecule has 2 heterocycles. The van der Waals surface area contributed by atoms with Crippen LogP contribution < -0.4 is 0 Å². The van der Waals surface area contributed by atoms with Gasteiger partial charge >= 0.3 is 5.97 Å². The maximum absolute atomic E-state index is 12.4. The first-order valence-electron chi connectivity index (χ1n) is 7.87. The predicted octanol–water partition coefficient (Wildman–Crippen LogP) is 0.997. The molecule has 2 aliphatic rings. The number of cyclic esters (lactones) is 1. The first-order chi connectivity index (χ1) is 10.6. The first kappa shape index (κ1) is 15.0. The molecule has 1 atom stereocenters. The van der Waals surface area contributed by atoms with E-state index in [9.17, 15) is 9.59 Å². The number of hydrogen-bond donors (Lipinski definition) is 0. The van der Waals surface area contributed by atoms with E-state index < -0.39 is 0 Å². The van der Waals surface area contributed by atoms with Crippen molar-refractivity contribution in [3.63, 3.8) is 0 Å². The summed E-state index contributed by atoms with van der Waals surface area (Å²) in [7, 11) is 0. The van der Waals surface area contributed by atoms with Gasteiger partial charge in [0, 0.05) is 32.6 Å². The number of carbonyl (C=O) groups excluding carboxylic acids is 2. The van der Waals surface area contributed by atoms with E-state index in [1.807, 2.05) is 36.1 Å². The Morgan fingerprint density at radius 2 is 1.86 bits per heavy atom. The lowest BCUT2D eigenvalue weighted by Crippen LogP contribution is -2.53. The lowest BCUT2D eigenvalue weighted by Gasteiger charge is -2.36. The molecule has 1 aromatic carbocycles. The third-order valence-electron chi connectivity index (χ3n) is 4.49. The summed E-state index contributed by atoms with van der Waals surface area (Å²) in [5.41, 5.74) is 2.26. The van der Waals surface area contributed by atoms with E-state index in [1.165, 1.54) is 5.56 Å². The van der Waals surface area contributed by atoms with Crippen LogP contribution in [0, 0.1) is 6.92 Å². The highest BCUT2D eigenvalue weighted by Crippen LogP contribution is 2.16. The molecule has 0 radical (unpaired) electrons. The van der Waals surface area contributed by atoms with Crippen LogP contribution in [0.5, 0.6) is 0 Å². The van der Waals surface area contributed by atoms with Crippen molar-refractivity contribution in [3.05, 3.63) is 35.4 Å². The van der Waals surface area contributed by atoms with Gasteiger partial charge in [-0.2, -0.15) is 0 Å². The molecule has 0 unspecified atom stereocenters. The first-order valence-corrected chi connectivity index (χ1v) is 7.87. The Kier molecular flexibility index (Phi) is 4.43. The molecule has 0 bridgehead atoms. The zero-order valence-electron chi connectivity index (χ0n) is 13.0. The van der Waals surface area contributed by atoms with Gasteiger partial charge in [0.15, 0.2) is 0 Å². The van der Waals surface area contributed by atoms with Crippen LogP contribution in [0.1, 0.15) is 17.5 Å². The Labute approximate surface area is 130 Å². The number of carbonyl (C=O) groups is 2. The SMILES string of the molecule is Cc1ccc(CC(=O)N2CCN([C@@H]3CCOC3=O)CC2)cc1. The number of hydrogen-bond acceptors (Lipinski definition) is 4. The molecule has 0 N–H and O–H groups in total. The summed E-state index contributed by atoms with van der Waals surface area (Å²) in [6, 6.07) is 7.99. The number of benzene rings is 1. The lowest BCUT2D eigenvalue weighted by molar-refractivity contribution is -0.143. The molecular weight excluding hydrogens is 280 g/mol. The van der Waals surface area contributed by atoms with E-state index in [-0.39, 0.29) is 17.9 Å². The molecule has 1 amide bonds. The molecule has 5 heteroatoms. The molecule has 3 rings (SSSR count). The second kappa shape index (κ2) is 6.48. The van der Waals surface area contributed by atoms with Gasteiger partial charge in [-0.3, -0.25) is 14.5 Å². The lowest BCUT2D eigenvalue weighted by atomic mass is 10.1. The van der Waals surface area contributed by atoms with Gasteiger partial charge in [-0.05, 0) is 12.5 Å². The van der Waals surface area contributed by atoms with Gasteiger partial charge in [-0.25, -0.2) is 0 Å². The van der Waals surface area contributed by atoms with Crippen molar-refractivity contribution in [1.29, 1.82) is 0 Å². The Hall–Kier alpha value is -1.88. The zero-order valence-corrected chi connectivity index (χ0v) is 13.0. The minimum absolute atomic E-state index is 0.102. The van der Waals surface area contributed by atoms with Crippen molar-refractivity contribution in [3.8, 4) is 0 Å². The fourth-order valence-electron chi connectivity index (χ4n) is 3.09. The van der Waals surface area contributed by atoms with E-state index in [4.69, 9.17) is 4.74 Å². The van der Waals surface area contributed by atoms with Crippen molar-refractivity contribution >= 4 is 11.9 Å². The number of ether oxygens (including phenoxy) is 1. The quantitative estimate of drug-likeness (QED) is 0.782. The Balaban J connectivity index is 1.51. The van der Waals surface area contributed by atoms with Crippen LogP contribution in [0.3, 0.4) is 0 Å². The molecular formula is C17H22N2O3. The van der Waals surface area contributed by atoms with Crippen LogP contribution in [-0.4, -0.2) is 60.5 Å². The van der Waals surface area contributed by atoms with Crippen LogP contribution in [0.15, 0.2) is 24.3 Å². The largest absolute Gasteiger partial charge is 0.464 e. The highest BCUT2D eigenvalue weighted by atomic mass is 16.5. The average Bonchev–Trinajstić information content (AvgIpc) is 2.96. The van der Waals surface area contributed by atoms with Gasteiger partial charge in [0.2, 0.25) is 5.91 Å². The smallest absolute Gasteiger partial charge is 0.323 e. The van der Waals surface area contributed by atoms with Crippen LogP contribution in [0.2, 0.25) is 0 Å². The van der Waals surface area contributed by atoms with Gasteiger partial charge in [0.05, 0.1) is 13.0 Å². The number of amides is 1. The number of esters is 1. The topological polar surface area (TPSA) is 49.9 Å². The Morgan fingerprint density at radius 3 is 2.45 bits per heavy atom. The number of rotatable bonds is 3. The van der Waals surface area contributed by atoms with Crippen molar-refractivity contribution < 1.29 is 14.3 Å². The number of aryl methyl sites for hydroxylation is 1. The van der Waals surface area contributed by atoms with E-state index >= 15 is 0 Å². The second-order valence-corrected chi connectivity index (χ2v) is 6.05. The molecule has 2 saturated heterocycles. The molecule has 0 aliphatic carbocycles. The van der Waals surface area contributed by atoms with Crippen LogP contribution in [0.4, 0.5) is 0 Å². The van der Waals surface area contributed by atoms with E-state index in [1.54, 1.807) is 0 Å². The van der Waals surface area contributed by atoms with Crippen LogP contribution >= 0.6 is 0 Å². The third kappa shape index (κ3) is 3.30. The van der Waals surface area contributed by atoms with Crippen molar-refractivity contribution in [2.45, 2.75) is 25.8 Å². The Bertz CT molecular complexity index is 548. The van der Waals surface area contributed by atoms with Crippen molar-refractivity contribution in [1.82, 2.24) is 9.80 Å². The van der Waals surface area contributed by atoms with Gasteiger partial charge < -0.3 is 9.64 Å². The average molecular weight is 302 g/mol. The molecule has 2 aliphatic heterocycles. The highest BCUT2D eigenvalue weighted by Gasteiger charge is 2.34. The molecule has 1 aromatic rings.